The lowest BCUT2D eigenvalue weighted by Gasteiger charge is -2.34. The largest absolute Gasteiger partial charge is 0.454 e. The van der Waals surface area contributed by atoms with Crippen molar-refractivity contribution in [1.82, 2.24) is 0 Å². The van der Waals surface area contributed by atoms with Crippen LogP contribution in [0, 0.1) is 5.92 Å². The Morgan fingerprint density at radius 3 is 2.94 bits per heavy atom. The van der Waals surface area contributed by atoms with Crippen LogP contribution >= 0.6 is 0 Å². The van der Waals surface area contributed by atoms with Crippen molar-refractivity contribution in [2.24, 2.45) is 5.92 Å². The Labute approximate surface area is 95.6 Å². The lowest BCUT2D eigenvalue weighted by atomic mass is 9.76. The van der Waals surface area contributed by atoms with Crippen LogP contribution in [0.15, 0.2) is 24.3 Å². The number of hydrogen-bond donors (Lipinski definition) is 0. The van der Waals surface area contributed by atoms with Gasteiger partial charge >= 0.3 is 5.97 Å². The summed E-state index contributed by atoms with van der Waals surface area (Å²) in [5, 5.41) is 0. The minimum absolute atomic E-state index is 0.0308. The molecule has 0 saturated carbocycles. The normalized spacial score (nSPS) is 32.6. The molecule has 2 aliphatic rings. The van der Waals surface area contributed by atoms with E-state index in [9.17, 15) is 4.79 Å². The summed E-state index contributed by atoms with van der Waals surface area (Å²) < 4.78 is 5.69. The lowest BCUT2D eigenvalue weighted by Crippen LogP contribution is -2.30. The molecule has 1 fully saturated rings. The maximum Gasteiger partial charge on any atom is 0.309 e. The van der Waals surface area contributed by atoms with Gasteiger partial charge in [-0.05, 0) is 30.4 Å². The third-order valence-electron chi connectivity index (χ3n) is 3.87. The molecule has 0 unspecified atom stereocenters. The van der Waals surface area contributed by atoms with Crippen LogP contribution in [0.4, 0.5) is 0 Å². The van der Waals surface area contributed by atoms with Crippen molar-refractivity contribution < 1.29 is 9.53 Å². The predicted octanol–water partition coefficient (Wildman–Crippen LogP) is 2.80. The lowest BCUT2D eigenvalue weighted by molar-refractivity contribution is -0.152. The van der Waals surface area contributed by atoms with E-state index in [0.717, 1.165) is 25.7 Å². The van der Waals surface area contributed by atoms with Crippen LogP contribution in [-0.4, -0.2) is 5.97 Å². The maximum absolute atomic E-state index is 11.6. The second kappa shape index (κ2) is 3.34. The molecule has 16 heavy (non-hydrogen) atoms. The molecule has 1 aromatic rings. The standard InChI is InChI=1S/C14H16O2/c1-10-9-14(16-13(10)15)8-4-6-11-5-2-3-7-12(11)14/h2-3,5,7,10H,4,6,8-9H2,1H3/t10-,14+/m0/s1. The third-order valence-corrected chi connectivity index (χ3v) is 3.87. The number of rotatable bonds is 0. The highest BCUT2D eigenvalue weighted by Crippen LogP contribution is 2.47. The molecule has 2 heteroatoms. The molecule has 0 bridgehead atoms. The van der Waals surface area contributed by atoms with Crippen LogP contribution in [0.5, 0.6) is 0 Å². The van der Waals surface area contributed by atoms with Gasteiger partial charge in [0, 0.05) is 6.42 Å². The van der Waals surface area contributed by atoms with Gasteiger partial charge in [-0.3, -0.25) is 4.79 Å². The summed E-state index contributed by atoms with van der Waals surface area (Å²) in [6.07, 6.45) is 4.07. The molecule has 3 rings (SSSR count). The summed E-state index contributed by atoms with van der Waals surface area (Å²) in [5.41, 5.74) is 2.31. The van der Waals surface area contributed by atoms with Crippen molar-refractivity contribution >= 4 is 5.97 Å². The molecule has 1 heterocycles. The molecule has 1 aliphatic carbocycles. The van der Waals surface area contributed by atoms with E-state index >= 15 is 0 Å². The van der Waals surface area contributed by atoms with Gasteiger partial charge in [0.2, 0.25) is 0 Å². The molecule has 1 spiro atoms. The second-order valence-electron chi connectivity index (χ2n) is 5.03. The van der Waals surface area contributed by atoms with E-state index in [1.165, 1.54) is 11.1 Å². The molecule has 2 atom stereocenters. The minimum Gasteiger partial charge on any atom is -0.454 e. The number of carbonyl (C=O) groups excluding carboxylic acids is 1. The fourth-order valence-corrected chi connectivity index (χ4v) is 3.11. The first-order valence-corrected chi connectivity index (χ1v) is 6.02. The van der Waals surface area contributed by atoms with Crippen LogP contribution in [0.3, 0.4) is 0 Å². The van der Waals surface area contributed by atoms with Gasteiger partial charge in [0.25, 0.3) is 0 Å². The summed E-state index contributed by atoms with van der Waals surface area (Å²) >= 11 is 0. The van der Waals surface area contributed by atoms with E-state index in [2.05, 4.69) is 18.2 Å². The van der Waals surface area contributed by atoms with E-state index in [0.29, 0.717) is 0 Å². The Balaban J connectivity index is 2.08. The minimum atomic E-state index is -0.300. The Hall–Kier alpha value is -1.31. The van der Waals surface area contributed by atoms with Gasteiger partial charge in [0.1, 0.15) is 5.60 Å². The quantitative estimate of drug-likeness (QED) is 0.623. The number of hydrogen-bond acceptors (Lipinski definition) is 2. The first kappa shape index (κ1) is 9.88. The molecule has 84 valence electrons. The smallest absolute Gasteiger partial charge is 0.309 e. The Kier molecular flexibility index (Phi) is 2.06. The van der Waals surface area contributed by atoms with Gasteiger partial charge in [0.05, 0.1) is 5.92 Å². The summed E-state index contributed by atoms with van der Waals surface area (Å²) in [4.78, 5) is 11.6. The number of benzene rings is 1. The second-order valence-corrected chi connectivity index (χ2v) is 5.03. The Morgan fingerprint density at radius 2 is 2.19 bits per heavy atom. The molecule has 1 saturated heterocycles. The van der Waals surface area contributed by atoms with Gasteiger partial charge in [-0.2, -0.15) is 0 Å². The molecule has 1 aromatic carbocycles. The van der Waals surface area contributed by atoms with Gasteiger partial charge < -0.3 is 4.74 Å². The van der Waals surface area contributed by atoms with Gasteiger partial charge in [-0.25, -0.2) is 0 Å². The van der Waals surface area contributed by atoms with E-state index in [1.807, 2.05) is 13.0 Å². The maximum atomic E-state index is 11.6. The molecule has 1 aliphatic heterocycles. The zero-order valence-electron chi connectivity index (χ0n) is 9.53. The number of ether oxygens (including phenoxy) is 1. The van der Waals surface area contributed by atoms with E-state index < -0.39 is 0 Å². The molecule has 0 aromatic heterocycles. The number of aryl methyl sites for hydroxylation is 1. The van der Waals surface area contributed by atoms with Crippen LogP contribution < -0.4 is 0 Å². The Morgan fingerprint density at radius 1 is 1.38 bits per heavy atom. The first-order chi connectivity index (χ1) is 7.71. The summed E-state index contributed by atoms with van der Waals surface area (Å²) in [6, 6.07) is 8.40. The van der Waals surface area contributed by atoms with Crippen molar-refractivity contribution in [2.75, 3.05) is 0 Å². The SMILES string of the molecule is C[C@H]1C[C@@]2(CCCc3ccccc32)OC1=O. The van der Waals surface area contributed by atoms with Crippen molar-refractivity contribution in [3.05, 3.63) is 35.4 Å². The van der Waals surface area contributed by atoms with Crippen LogP contribution in [0.2, 0.25) is 0 Å². The zero-order chi connectivity index (χ0) is 11.2. The molecule has 2 nitrogen and oxygen atoms in total. The summed E-state index contributed by atoms with van der Waals surface area (Å²) in [6.45, 7) is 1.97. The highest BCUT2D eigenvalue weighted by Gasteiger charge is 2.47. The molecule has 0 amide bonds. The molecule has 0 N–H and O–H groups in total. The molecular formula is C14H16O2. The van der Waals surface area contributed by atoms with Crippen LogP contribution in [0.25, 0.3) is 0 Å². The average molecular weight is 216 g/mol. The van der Waals surface area contributed by atoms with Gasteiger partial charge in [-0.1, -0.05) is 31.2 Å². The van der Waals surface area contributed by atoms with Crippen molar-refractivity contribution in [3.8, 4) is 0 Å². The monoisotopic (exact) mass is 216 g/mol. The van der Waals surface area contributed by atoms with Crippen molar-refractivity contribution in [2.45, 2.75) is 38.2 Å². The topological polar surface area (TPSA) is 26.3 Å². The zero-order valence-corrected chi connectivity index (χ0v) is 9.53. The highest BCUT2D eigenvalue weighted by molar-refractivity contribution is 5.75. The van der Waals surface area contributed by atoms with Crippen molar-refractivity contribution in [3.63, 3.8) is 0 Å². The average Bonchev–Trinajstić information content (AvgIpc) is 2.56. The number of carbonyl (C=O) groups is 1. The van der Waals surface area contributed by atoms with Crippen LogP contribution in [-0.2, 0) is 21.6 Å². The van der Waals surface area contributed by atoms with E-state index in [4.69, 9.17) is 4.74 Å². The fraction of sp³-hybridized carbons (Fsp3) is 0.500. The Bertz CT molecular complexity index is 438. The predicted molar refractivity (Wildman–Crippen MR) is 60.9 cm³/mol. The van der Waals surface area contributed by atoms with E-state index in [1.54, 1.807) is 0 Å². The summed E-state index contributed by atoms with van der Waals surface area (Å²) in [7, 11) is 0. The van der Waals surface area contributed by atoms with E-state index in [-0.39, 0.29) is 17.5 Å². The van der Waals surface area contributed by atoms with Gasteiger partial charge in [0.15, 0.2) is 0 Å². The third kappa shape index (κ3) is 1.29. The van der Waals surface area contributed by atoms with Crippen LogP contribution in [0.1, 0.15) is 37.3 Å². The number of esters is 1. The highest BCUT2D eigenvalue weighted by atomic mass is 16.6. The molecular weight excluding hydrogens is 200 g/mol. The molecule has 0 radical (unpaired) electrons. The van der Waals surface area contributed by atoms with Gasteiger partial charge in [-0.15, -0.1) is 0 Å². The van der Waals surface area contributed by atoms with Crippen molar-refractivity contribution in [1.29, 1.82) is 0 Å². The fourth-order valence-electron chi connectivity index (χ4n) is 3.11. The first-order valence-electron chi connectivity index (χ1n) is 6.02. The summed E-state index contributed by atoms with van der Waals surface area (Å²) in [5.74, 6) is 0.0165. The number of fused-ring (bicyclic) bond motifs is 2.